The van der Waals surface area contributed by atoms with Gasteiger partial charge in [-0.05, 0) is 69.7 Å². The number of likely N-dealkylation sites (N-methyl/N-ethyl adjacent to an activating group) is 1. The number of pyridine rings is 1. The van der Waals surface area contributed by atoms with Crippen LogP contribution < -0.4 is 10.6 Å². The first-order valence-electron chi connectivity index (χ1n) is 11.1. The molecule has 2 aliphatic carbocycles. The molecule has 0 bridgehead atoms. The first kappa shape index (κ1) is 20.3. The monoisotopic (exact) mass is 436 g/mol. The Morgan fingerprint density at radius 3 is 2.90 bits per heavy atom. The van der Waals surface area contributed by atoms with Crippen molar-refractivity contribution in [3.8, 4) is 0 Å². The summed E-state index contributed by atoms with van der Waals surface area (Å²) in [4.78, 5) is 30.3. The van der Waals surface area contributed by atoms with Gasteiger partial charge in [-0.3, -0.25) is 14.7 Å². The van der Waals surface area contributed by atoms with E-state index in [2.05, 4.69) is 30.5 Å². The molecule has 5 rings (SSSR count). The SMILES string of the molecule is CN(CC(=O)Nc1cccnc1)[C@H]1CC[C@@H](Nc2ncnc3sc4c(c23)CCC4)CC1. The molecular weight excluding hydrogens is 408 g/mol. The molecule has 1 fully saturated rings. The number of nitrogens with zero attached hydrogens (tertiary/aromatic N) is 4. The number of aryl methyl sites for hydroxylation is 2. The van der Waals surface area contributed by atoms with Crippen molar-refractivity contribution in [2.24, 2.45) is 0 Å². The third-order valence-electron chi connectivity index (χ3n) is 6.50. The first-order chi connectivity index (χ1) is 15.2. The molecular formula is C23H28N6OS. The van der Waals surface area contributed by atoms with Crippen LogP contribution in [0.4, 0.5) is 11.5 Å². The van der Waals surface area contributed by atoms with Gasteiger partial charge in [-0.2, -0.15) is 0 Å². The van der Waals surface area contributed by atoms with E-state index in [-0.39, 0.29) is 5.91 Å². The molecule has 0 radical (unpaired) electrons. The normalized spacial score (nSPS) is 20.7. The standard InChI is InChI=1S/C23H28N6OS/c1-29(13-20(30)27-16-4-3-11-24-12-16)17-9-7-15(8-10-17)28-22-21-18-5-2-6-19(18)31-23(21)26-14-25-22/h3-4,11-12,14-15,17H,2,5-10,13H2,1H3,(H,27,30)(H,25,26,28)/t15-,17+. The average Bonchev–Trinajstić information content (AvgIpc) is 3.36. The zero-order valence-electron chi connectivity index (χ0n) is 17.8. The Hall–Kier alpha value is -2.58. The van der Waals surface area contributed by atoms with E-state index in [0.29, 0.717) is 18.6 Å². The van der Waals surface area contributed by atoms with Crippen LogP contribution in [-0.4, -0.2) is 51.4 Å². The topological polar surface area (TPSA) is 83.0 Å². The van der Waals surface area contributed by atoms with Gasteiger partial charge in [-0.1, -0.05) is 0 Å². The Kier molecular flexibility index (Phi) is 5.82. The molecule has 3 heterocycles. The van der Waals surface area contributed by atoms with Gasteiger partial charge in [0.25, 0.3) is 0 Å². The number of hydrogen-bond donors (Lipinski definition) is 2. The van der Waals surface area contributed by atoms with Gasteiger partial charge in [0.2, 0.25) is 5.91 Å². The minimum absolute atomic E-state index is 0.00504. The Morgan fingerprint density at radius 1 is 1.23 bits per heavy atom. The zero-order chi connectivity index (χ0) is 21.2. The largest absolute Gasteiger partial charge is 0.367 e. The number of amides is 1. The summed E-state index contributed by atoms with van der Waals surface area (Å²) in [6, 6.07) is 4.52. The van der Waals surface area contributed by atoms with Crippen LogP contribution in [0.1, 0.15) is 42.5 Å². The summed E-state index contributed by atoms with van der Waals surface area (Å²) in [5.74, 6) is 1.02. The summed E-state index contributed by atoms with van der Waals surface area (Å²) >= 11 is 1.83. The number of carbonyl (C=O) groups excluding carboxylic acids is 1. The predicted molar refractivity (Wildman–Crippen MR) is 125 cm³/mol. The van der Waals surface area contributed by atoms with Crippen LogP contribution in [0.15, 0.2) is 30.9 Å². The van der Waals surface area contributed by atoms with Crippen molar-refractivity contribution >= 4 is 39.0 Å². The number of hydrogen-bond acceptors (Lipinski definition) is 7. The van der Waals surface area contributed by atoms with Crippen molar-refractivity contribution in [1.82, 2.24) is 19.9 Å². The molecule has 0 saturated heterocycles. The van der Waals surface area contributed by atoms with E-state index < -0.39 is 0 Å². The minimum Gasteiger partial charge on any atom is -0.367 e. The van der Waals surface area contributed by atoms with E-state index in [1.54, 1.807) is 18.7 Å². The van der Waals surface area contributed by atoms with Gasteiger partial charge in [0, 0.05) is 23.2 Å². The quantitative estimate of drug-likeness (QED) is 0.610. The summed E-state index contributed by atoms with van der Waals surface area (Å²) in [6.07, 6.45) is 12.9. The highest BCUT2D eigenvalue weighted by molar-refractivity contribution is 7.19. The molecule has 8 heteroatoms. The van der Waals surface area contributed by atoms with Crippen molar-refractivity contribution in [2.45, 2.75) is 57.0 Å². The van der Waals surface area contributed by atoms with Gasteiger partial charge in [0.05, 0.1) is 23.8 Å². The number of nitrogens with one attached hydrogen (secondary N) is 2. The first-order valence-corrected chi connectivity index (χ1v) is 11.9. The lowest BCUT2D eigenvalue weighted by Crippen LogP contribution is -2.42. The van der Waals surface area contributed by atoms with Crippen LogP contribution in [-0.2, 0) is 17.6 Å². The van der Waals surface area contributed by atoms with Gasteiger partial charge < -0.3 is 10.6 Å². The summed E-state index contributed by atoms with van der Waals surface area (Å²) in [7, 11) is 2.05. The highest BCUT2D eigenvalue weighted by Crippen LogP contribution is 2.39. The van der Waals surface area contributed by atoms with E-state index in [4.69, 9.17) is 0 Å². The zero-order valence-corrected chi connectivity index (χ0v) is 18.6. The van der Waals surface area contributed by atoms with E-state index in [1.165, 1.54) is 28.7 Å². The number of anilines is 2. The Bertz CT molecular complexity index is 1060. The maximum atomic E-state index is 12.4. The van der Waals surface area contributed by atoms with Gasteiger partial charge in [-0.25, -0.2) is 9.97 Å². The van der Waals surface area contributed by atoms with Crippen molar-refractivity contribution in [3.63, 3.8) is 0 Å². The molecule has 2 N–H and O–H groups in total. The van der Waals surface area contributed by atoms with Crippen LogP contribution in [0.2, 0.25) is 0 Å². The number of fused-ring (bicyclic) bond motifs is 3. The molecule has 0 atom stereocenters. The Labute approximate surface area is 186 Å². The van der Waals surface area contributed by atoms with Crippen LogP contribution in [0.3, 0.4) is 0 Å². The van der Waals surface area contributed by atoms with Crippen LogP contribution in [0, 0.1) is 0 Å². The lowest BCUT2D eigenvalue weighted by atomic mass is 9.90. The van der Waals surface area contributed by atoms with Crippen LogP contribution in [0.5, 0.6) is 0 Å². The molecule has 0 aliphatic heterocycles. The third-order valence-corrected chi connectivity index (χ3v) is 7.70. The molecule has 0 unspecified atom stereocenters. The second-order valence-electron chi connectivity index (χ2n) is 8.61. The molecule has 1 amide bonds. The molecule has 0 spiro atoms. The molecule has 7 nitrogen and oxygen atoms in total. The maximum Gasteiger partial charge on any atom is 0.238 e. The van der Waals surface area contributed by atoms with E-state index in [0.717, 1.165) is 48.4 Å². The fraction of sp³-hybridized carbons (Fsp3) is 0.478. The number of carbonyl (C=O) groups is 1. The van der Waals surface area contributed by atoms with Gasteiger partial charge >= 0.3 is 0 Å². The van der Waals surface area contributed by atoms with E-state index in [9.17, 15) is 4.79 Å². The summed E-state index contributed by atoms with van der Waals surface area (Å²) < 4.78 is 0. The highest BCUT2D eigenvalue weighted by atomic mass is 32.1. The smallest absolute Gasteiger partial charge is 0.238 e. The Balaban J connectivity index is 1.16. The van der Waals surface area contributed by atoms with Gasteiger partial charge in [-0.15, -0.1) is 11.3 Å². The fourth-order valence-corrected chi connectivity index (χ4v) is 6.11. The molecule has 3 aromatic rings. The maximum absolute atomic E-state index is 12.4. The number of rotatable bonds is 6. The van der Waals surface area contributed by atoms with Gasteiger partial charge in [0.15, 0.2) is 0 Å². The highest BCUT2D eigenvalue weighted by Gasteiger charge is 2.27. The van der Waals surface area contributed by atoms with Crippen molar-refractivity contribution in [3.05, 3.63) is 41.3 Å². The average molecular weight is 437 g/mol. The fourth-order valence-electron chi connectivity index (χ4n) is 4.89. The number of aromatic nitrogens is 3. The lowest BCUT2D eigenvalue weighted by molar-refractivity contribution is -0.117. The Morgan fingerprint density at radius 2 is 2.10 bits per heavy atom. The van der Waals surface area contributed by atoms with Crippen molar-refractivity contribution in [1.29, 1.82) is 0 Å². The second-order valence-corrected chi connectivity index (χ2v) is 9.70. The molecule has 0 aromatic carbocycles. The minimum atomic E-state index is 0.00504. The predicted octanol–water partition coefficient (Wildman–Crippen LogP) is 3.87. The summed E-state index contributed by atoms with van der Waals surface area (Å²) in [5.41, 5.74) is 2.21. The molecule has 3 aromatic heterocycles. The van der Waals surface area contributed by atoms with Crippen LogP contribution in [0.25, 0.3) is 10.2 Å². The third kappa shape index (κ3) is 4.41. The molecule has 2 aliphatic rings. The van der Waals surface area contributed by atoms with Crippen molar-refractivity contribution < 1.29 is 4.79 Å². The summed E-state index contributed by atoms with van der Waals surface area (Å²) in [6.45, 7) is 0.394. The second kappa shape index (κ2) is 8.88. The van der Waals surface area contributed by atoms with Crippen LogP contribution >= 0.6 is 11.3 Å². The van der Waals surface area contributed by atoms with Gasteiger partial charge in [0.1, 0.15) is 17.0 Å². The lowest BCUT2D eigenvalue weighted by Gasteiger charge is -2.34. The molecule has 1 saturated carbocycles. The van der Waals surface area contributed by atoms with E-state index in [1.807, 2.05) is 30.5 Å². The number of thiophene rings is 1. The van der Waals surface area contributed by atoms with E-state index >= 15 is 0 Å². The van der Waals surface area contributed by atoms with Crippen molar-refractivity contribution in [2.75, 3.05) is 24.2 Å². The molecule has 162 valence electrons. The molecule has 31 heavy (non-hydrogen) atoms. The summed E-state index contributed by atoms with van der Waals surface area (Å²) in [5, 5.41) is 7.90.